The Morgan fingerprint density at radius 3 is 2.46 bits per heavy atom. The van der Waals surface area contributed by atoms with Crippen molar-refractivity contribution in [3.05, 3.63) is 93.7 Å². The van der Waals surface area contributed by atoms with Crippen LogP contribution in [0.4, 0.5) is 32.2 Å². The number of carbonyl (C=O) groups is 2. The highest BCUT2D eigenvalue weighted by Gasteiger charge is 2.42. The van der Waals surface area contributed by atoms with Gasteiger partial charge in [-0.05, 0) is 29.8 Å². The number of benzene rings is 1. The van der Waals surface area contributed by atoms with Crippen molar-refractivity contribution in [2.45, 2.75) is 24.7 Å². The van der Waals surface area contributed by atoms with Crippen LogP contribution < -0.4 is 15.6 Å². The summed E-state index contributed by atoms with van der Waals surface area (Å²) in [6, 6.07) is 3.45. The molecule has 0 aliphatic carbocycles. The molecule has 5 rings (SSSR count). The van der Waals surface area contributed by atoms with Crippen molar-refractivity contribution in [2.75, 3.05) is 11.4 Å². The normalized spacial score (nSPS) is 16.3. The van der Waals surface area contributed by atoms with Gasteiger partial charge in [-0.1, -0.05) is 12.1 Å². The minimum atomic E-state index is -5.10. The zero-order valence-electron chi connectivity index (χ0n) is 20.5. The van der Waals surface area contributed by atoms with Gasteiger partial charge in [0.15, 0.2) is 23.3 Å². The fraction of sp³-hybridized carbons (Fsp3) is 0.192. The number of aliphatic hydroxyl groups is 1. The average molecular weight is 577 g/mol. The van der Waals surface area contributed by atoms with Crippen LogP contribution in [0.25, 0.3) is 16.9 Å². The summed E-state index contributed by atoms with van der Waals surface area (Å²) in [5.74, 6) is -6.10. The topological polar surface area (TPSA) is 117 Å². The molecule has 3 aromatic heterocycles. The van der Waals surface area contributed by atoms with Crippen molar-refractivity contribution in [1.29, 1.82) is 0 Å². The lowest BCUT2D eigenvalue weighted by atomic mass is 10.1. The lowest BCUT2D eigenvalue weighted by Gasteiger charge is -2.22. The number of amides is 2. The highest BCUT2D eigenvalue weighted by molar-refractivity contribution is 5.99. The van der Waals surface area contributed by atoms with Crippen LogP contribution >= 0.6 is 0 Å². The predicted octanol–water partition coefficient (Wildman–Crippen LogP) is 3.33. The molecule has 1 aromatic carbocycles. The Kier molecular flexibility index (Phi) is 6.98. The number of alkyl halides is 3. The fourth-order valence-electron chi connectivity index (χ4n) is 4.41. The van der Waals surface area contributed by atoms with Crippen molar-refractivity contribution >= 4 is 28.7 Å². The van der Waals surface area contributed by atoms with Gasteiger partial charge in [0, 0.05) is 12.3 Å². The van der Waals surface area contributed by atoms with Crippen molar-refractivity contribution in [1.82, 2.24) is 19.9 Å². The van der Waals surface area contributed by atoms with Gasteiger partial charge in [0.1, 0.15) is 23.0 Å². The number of pyridine rings is 3. The highest BCUT2D eigenvalue weighted by atomic mass is 19.4. The summed E-state index contributed by atoms with van der Waals surface area (Å²) in [6.07, 6.45) is -5.00. The molecule has 41 heavy (non-hydrogen) atoms. The first-order valence-corrected chi connectivity index (χ1v) is 11.8. The predicted molar refractivity (Wildman–Crippen MR) is 131 cm³/mol. The second-order valence-corrected chi connectivity index (χ2v) is 9.11. The van der Waals surface area contributed by atoms with Crippen LogP contribution in [0.2, 0.25) is 0 Å². The van der Waals surface area contributed by atoms with Gasteiger partial charge < -0.3 is 10.4 Å². The van der Waals surface area contributed by atoms with Crippen LogP contribution in [0.1, 0.15) is 28.4 Å². The van der Waals surface area contributed by atoms with E-state index in [2.05, 4.69) is 9.97 Å². The number of nitrogens with zero attached hydrogens (tertiary/aromatic N) is 4. The molecule has 0 bridgehead atoms. The van der Waals surface area contributed by atoms with Gasteiger partial charge >= 0.3 is 6.18 Å². The van der Waals surface area contributed by atoms with E-state index in [0.717, 1.165) is 33.7 Å². The molecule has 1 saturated heterocycles. The maximum absolute atomic E-state index is 14.8. The zero-order chi connectivity index (χ0) is 29.6. The van der Waals surface area contributed by atoms with Crippen LogP contribution in [0.5, 0.6) is 0 Å². The van der Waals surface area contributed by atoms with E-state index in [4.69, 9.17) is 0 Å². The average Bonchev–Trinajstić information content (AvgIpc) is 3.24. The van der Waals surface area contributed by atoms with Crippen LogP contribution in [0.15, 0.2) is 59.7 Å². The molecule has 1 fully saturated rings. The second-order valence-electron chi connectivity index (χ2n) is 9.11. The number of rotatable bonds is 5. The van der Waals surface area contributed by atoms with E-state index < -0.39 is 70.0 Å². The van der Waals surface area contributed by atoms with Gasteiger partial charge in [0.25, 0.3) is 5.91 Å². The summed E-state index contributed by atoms with van der Waals surface area (Å²) in [5.41, 5.74) is -3.02. The molecule has 2 atom stereocenters. The summed E-state index contributed by atoms with van der Waals surface area (Å²) in [6.45, 7) is -0.135. The SMILES string of the molecule is O=C(NC(c1cccc(F)c1)C(F)(F)F)c1cn(-c2ncc(F)cc2F)c2nc(N3C[C@@H](O)CC3=O)ccc2c1=O. The van der Waals surface area contributed by atoms with E-state index in [1.54, 1.807) is 5.32 Å². The van der Waals surface area contributed by atoms with Gasteiger partial charge in [0.2, 0.25) is 11.3 Å². The first-order chi connectivity index (χ1) is 19.3. The van der Waals surface area contributed by atoms with Crippen molar-refractivity contribution in [3.63, 3.8) is 0 Å². The van der Waals surface area contributed by atoms with Crippen LogP contribution in [-0.2, 0) is 4.79 Å². The molecule has 2 amide bonds. The Bertz CT molecular complexity index is 1760. The molecule has 1 aliphatic heterocycles. The molecule has 9 nitrogen and oxygen atoms in total. The molecule has 0 radical (unpaired) electrons. The number of β-amino-alcohol motifs (C(OH)–C–C–N with tert-alkyl or cyclic N) is 1. The van der Waals surface area contributed by atoms with E-state index in [1.807, 2.05) is 0 Å². The lowest BCUT2D eigenvalue weighted by molar-refractivity contribution is -0.155. The van der Waals surface area contributed by atoms with Gasteiger partial charge in [-0.25, -0.2) is 23.1 Å². The second kappa shape index (κ2) is 10.3. The number of fused-ring (bicyclic) bond motifs is 1. The number of carbonyl (C=O) groups excluding carboxylic acids is 2. The number of aromatic nitrogens is 3. The van der Waals surface area contributed by atoms with Gasteiger partial charge in [0.05, 0.1) is 30.7 Å². The molecule has 212 valence electrons. The molecule has 0 spiro atoms. The maximum atomic E-state index is 14.8. The third-order valence-electron chi connectivity index (χ3n) is 6.26. The number of hydrogen-bond donors (Lipinski definition) is 2. The molecule has 1 aliphatic rings. The van der Waals surface area contributed by atoms with Crippen molar-refractivity contribution < 1.29 is 41.0 Å². The molecular formula is C26H17F6N5O4. The number of aliphatic hydroxyl groups excluding tert-OH is 1. The number of nitrogens with one attached hydrogen (secondary N) is 1. The zero-order valence-corrected chi connectivity index (χ0v) is 20.5. The number of halogens is 6. The Morgan fingerprint density at radius 2 is 1.83 bits per heavy atom. The van der Waals surface area contributed by atoms with Crippen LogP contribution in [0.3, 0.4) is 0 Å². The van der Waals surface area contributed by atoms with Crippen molar-refractivity contribution in [3.8, 4) is 5.82 Å². The maximum Gasteiger partial charge on any atom is 0.412 e. The largest absolute Gasteiger partial charge is 0.412 e. The molecule has 1 unspecified atom stereocenters. The molecule has 15 heteroatoms. The quantitative estimate of drug-likeness (QED) is 0.352. The Balaban J connectivity index is 1.67. The highest BCUT2D eigenvalue weighted by Crippen LogP contribution is 2.33. The van der Waals surface area contributed by atoms with E-state index in [0.29, 0.717) is 24.5 Å². The van der Waals surface area contributed by atoms with Gasteiger partial charge in [-0.2, -0.15) is 13.2 Å². The third kappa shape index (κ3) is 5.35. The molecule has 0 saturated carbocycles. The summed E-state index contributed by atoms with van der Waals surface area (Å²) >= 11 is 0. The van der Waals surface area contributed by atoms with Crippen molar-refractivity contribution in [2.24, 2.45) is 0 Å². The molecular weight excluding hydrogens is 560 g/mol. The minimum absolute atomic E-state index is 0.0600. The Hall–Kier alpha value is -4.79. The van der Waals surface area contributed by atoms with E-state index >= 15 is 0 Å². The monoisotopic (exact) mass is 577 g/mol. The summed E-state index contributed by atoms with van der Waals surface area (Å²) in [4.78, 5) is 47.6. The fourth-order valence-corrected chi connectivity index (χ4v) is 4.41. The van der Waals surface area contributed by atoms with Crippen LogP contribution in [0, 0.1) is 17.5 Å². The number of anilines is 1. The number of hydrogen-bond acceptors (Lipinski definition) is 6. The van der Waals surface area contributed by atoms with Crippen LogP contribution in [-0.4, -0.2) is 50.3 Å². The smallest absolute Gasteiger partial charge is 0.391 e. The summed E-state index contributed by atoms with van der Waals surface area (Å²) in [7, 11) is 0. The minimum Gasteiger partial charge on any atom is -0.391 e. The molecule has 4 heterocycles. The summed E-state index contributed by atoms with van der Waals surface area (Å²) < 4.78 is 84.5. The van der Waals surface area contributed by atoms with E-state index in [9.17, 15) is 45.8 Å². The van der Waals surface area contributed by atoms with E-state index in [1.165, 1.54) is 6.07 Å². The Labute approximate surface area is 225 Å². The molecule has 2 N–H and O–H groups in total. The Morgan fingerprint density at radius 1 is 1.07 bits per heavy atom. The van der Waals surface area contributed by atoms with Gasteiger partial charge in [-0.3, -0.25) is 23.9 Å². The molecule has 4 aromatic rings. The standard InChI is InChI=1S/C26H17F6N5O4/c27-13-3-1-2-12(6-13)22(26(30,31)32)35-25(41)17-11-37(24-18(29)7-14(28)9-33-24)23-16(21(17)40)4-5-19(34-23)36-10-15(38)8-20(36)39/h1-7,9,11,15,22,38H,8,10H2,(H,35,41)/t15-,22?/m0/s1. The first kappa shape index (κ1) is 27.8. The lowest BCUT2D eigenvalue weighted by Crippen LogP contribution is -2.40. The van der Waals surface area contributed by atoms with Gasteiger partial charge in [-0.15, -0.1) is 0 Å². The van der Waals surface area contributed by atoms with E-state index in [-0.39, 0.29) is 29.8 Å². The third-order valence-corrected chi connectivity index (χ3v) is 6.26. The summed E-state index contributed by atoms with van der Waals surface area (Å²) in [5, 5.41) is 11.1. The first-order valence-electron chi connectivity index (χ1n) is 11.8.